The summed E-state index contributed by atoms with van der Waals surface area (Å²) in [5.74, 6) is 0. The zero-order valence-corrected chi connectivity index (χ0v) is 10.9. The predicted octanol–water partition coefficient (Wildman–Crippen LogP) is 1.85. The van der Waals surface area contributed by atoms with Crippen molar-refractivity contribution in [2.45, 2.75) is 50.6 Å². The molecule has 3 heteroatoms. The first-order valence-electron chi connectivity index (χ1n) is 7.04. The van der Waals surface area contributed by atoms with Crippen LogP contribution in [-0.2, 0) is 0 Å². The molecule has 17 heavy (non-hydrogen) atoms. The summed E-state index contributed by atoms with van der Waals surface area (Å²) in [5.41, 5.74) is 0.386. The Kier molecular flexibility index (Phi) is 2.88. The second-order valence-electron chi connectivity index (χ2n) is 6.41. The summed E-state index contributed by atoms with van der Waals surface area (Å²) in [6.45, 7) is 3.66. The van der Waals surface area contributed by atoms with Crippen LogP contribution in [0.2, 0.25) is 0 Å². The lowest BCUT2D eigenvalue weighted by atomic mass is 10.0. The molecule has 2 atom stereocenters. The molecule has 0 amide bonds. The van der Waals surface area contributed by atoms with Gasteiger partial charge in [-0.3, -0.25) is 4.90 Å². The molecule has 3 aliphatic rings. The molecule has 2 bridgehead atoms. The molecular weight excluding hydrogens is 210 g/mol. The molecule has 94 valence electrons. The Morgan fingerprint density at radius 3 is 2.71 bits per heavy atom. The second-order valence-corrected chi connectivity index (χ2v) is 6.41. The zero-order valence-electron chi connectivity index (χ0n) is 10.9. The molecule has 3 nitrogen and oxygen atoms in total. The maximum atomic E-state index is 8.90. The van der Waals surface area contributed by atoms with E-state index in [2.05, 4.69) is 22.9 Å². The van der Waals surface area contributed by atoms with Gasteiger partial charge in [0.15, 0.2) is 0 Å². The number of hydrogen-bond donors (Lipinski definition) is 0. The Balaban J connectivity index is 1.60. The fourth-order valence-corrected chi connectivity index (χ4v) is 3.73. The van der Waals surface area contributed by atoms with Crippen molar-refractivity contribution in [1.29, 1.82) is 5.26 Å². The molecule has 2 unspecified atom stereocenters. The molecule has 1 aliphatic carbocycles. The summed E-state index contributed by atoms with van der Waals surface area (Å²) < 4.78 is 0. The number of likely N-dealkylation sites (tertiary alicyclic amines) is 1. The first kappa shape index (κ1) is 11.5. The standard InChI is InChI=1S/C14H23N3/c1-16-12-2-3-13(16)10-17(9-4-12)11-14(5-6-14)7-8-15/h12-13H,2-7,9-11H2,1H3. The predicted molar refractivity (Wildman–Crippen MR) is 67.5 cm³/mol. The first-order valence-corrected chi connectivity index (χ1v) is 7.04. The van der Waals surface area contributed by atoms with Crippen LogP contribution in [0.5, 0.6) is 0 Å². The van der Waals surface area contributed by atoms with Gasteiger partial charge in [0.25, 0.3) is 0 Å². The monoisotopic (exact) mass is 233 g/mol. The molecule has 0 spiro atoms. The van der Waals surface area contributed by atoms with Crippen molar-refractivity contribution in [1.82, 2.24) is 9.80 Å². The van der Waals surface area contributed by atoms with E-state index in [9.17, 15) is 0 Å². The van der Waals surface area contributed by atoms with Crippen molar-refractivity contribution in [3.05, 3.63) is 0 Å². The highest BCUT2D eigenvalue weighted by Crippen LogP contribution is 2.49. The van der Waals surface area contributed by atoms with E-state index in [1.807, 2.05) is 0 Å². The van der Waals surface area contributed by atoms with Crippen molar-refractivity contribution < 1.29 is 0 Å². The van der Waals surface area contributed by atoms with E-state index in [0.717, 1.165) is 18.5 Å². The molecule has 0 aromatic rings. The Morgan fingerprint density at radius 1 is 1.24 bits per heavy atom. The molecule has 0 radical (unpaired) electrons. The molecule has 2 saturated heterocycles. The highest BCUT2D eigenvalue weighted by molar-refractivity contribution is 5.02. The smallest absolute Gasteiger partial charge is 0.0628 e. The molecule has 0 aromatic heterocycles. The van der Waals surface area contributed by atoms with Gasteiger partial charge in [0.05, 0.1) is 6.07 Å². The van der Waals surface area contributed by atoms with E-state index in [1.165, 1.54) is 51.7 Å². The van der Waals surface area contributed by atoms with Crippen LogP contribution in [0.1, 0.15) is 38.5 Å². The fraction of sp³-hybridized carbons (Fsp3) is 0.929. The Morgan fingerprint density at radius 2 is 2.00 bits per heavy atom. The average Bonchev–Trinajstić information content (AvgIpc) is 2.96. The summed E-state index contributed by atoms with van der Waals surface area (Å²) in [6.07, 6.45) is 7.44. The maximum absolute atomic E-state index is 8.90. The van der Waals surface area contributed by atoms with E-state index in [4.69, 9.17) is 5.26 Å². The van der Waals surface area contributed by atoms with Crippen LogP contribution >= 0.6 is 0 Å². The van der Waals surface area contributed by atoms with E-state index < -0.39 is 0 Å². The van der Waals surface area contributed by atoms with Crippen molar-refractivity contribution in [2.24, 2.45) is 5.41 Å². The third-order valence-corrected chi connectivity index (χ3v) is 5.20. The lowest BCUT2D eigenvalue weighted by Crippen LogP contribution is -2.39. The SMILES string of the molecule is CN1C2CCC1CN(CC1(CC#N)CC1)CC2. The maximum Gasteiger partial charge on any atom is 0.0628 e. The highest BCUT2D eigenvalue weighted by atomic mass is 15.3. The van der Waals surface area contributed by atoms with Gasteiger partial charge in [-0.1, -0.05) is 0 Å². The zero-order chi connectivity index (χ0) is 11.9. The van der Waals surface area contributed by atoms with Gasteiger partial charge in [-0.2, -0.15) is 5.26 Å². The molecule has 2 heterocycles. The minimum atomic E-state index is 0.386. The van der Waals surface area contributed by atoms with Gasteiger partial charge in [0, 0.05) is 31.6 Å². The van der Waals surface area contributed by atoms with Crippen LogP contribution in [0, 0.1) is 16.7 Å². The number of rotatable bonds is 3. The van der Waals surface area contributed by atoms with Gasteiger partial charge < -0.3 is 4.90 Å². The van der Waals surface area contributed by atoms with Gasteiger partial charge in [-0.15, -0.1) is 0 Å². The van der Waals surface area contributed by atoms with Gasteiger partial charge in [0.2, 0.25) is 0 Å². The molecule has 3 rings (SSSR count). The molecule has 2 aliphatic heterocycles. The lowest BCUT2D eigenvalue weighted by Gasteiger charge is -2.28. The molecule has 1 saturated carbocycles. The van der Waals surface area contributed by atoms with Crippen LogP contribution in [0.25, 0.3) is 0 Å². The largest absolute Gasteiger partial charge is 0.301 e. The second kappa shape index (κ2) is 4.26. The van der Waals surface area contributed by atoms with E-state index in [0.29, 0.717) is 5.41 Å². The Bertz CT molecular complexity index is 329. The number of hydrogen-bond acceptors (Lipinski definition) is 3. The summed E-state index contributed by atoms with van der Waals surface area (Å²) in [7, 11) is 2.30. The fourth-order valence-electron chi connectivity index (χ4n) is 3.73. The Hall–Kier alpha value is -0.590. The summed E-state index contributed by atoms with van der Waals surface area (Å²) in [4.78, 5) is 5.24. The van der Waals surface area contributed by atoms with Crippen LogP contribution < -0.4 is 0 Å². The topological polar surface area (TPSA) is 30.3 Å². The van der Waals surface area contributed by atoms with Crippen molar-refractivity contribution in [3.63, 3.8) is 0 Å². The molecule has 0 N–H and O–H groups in total. The Labute approximate surface area is 104 Å². The number of likely N-dealkylation sites (N-methyl/N-ethyl adjacent to an activating group) is 1. The summed E-state index contributed by atoms with van der Waals surface area (Å²) in [6, 6.07) is 3.99. The first-order chi connectivity index (χ1) is 8.22. The highest BCUT2D eigenvalue weighted by Gasteiger charge is 2.45. The van der Waals surface area contributed by atoms with Crippen LogP contribution in [0.4, 0.5) is 0 Å². The molecular formula is C14H23N3. The quantitative estimate of drug-likeness (QED) is 0.745. The molecule has 3 fully saturated rings. The minimum Gasteiger partial charge on any atom is -0.301 e. The number of nitriles is 1. The van der Waals surface area contributed by atoms with Crippen LogP contribution in [-0.4, -0.2) is 48.6 Å². The van der Waals surface area contributed by atoms with Crippen molar-refractivity contribution in [2.75, 3.05) is 26.7 Å². The van der Waals surface area contributed by atoms with Gasteiger partial charge >= 0.3 is 0 Å². The average molecular weight is 233 g/mol. The van der Waals surface area contributed by atoms with Crippen LogP contribution in [0.15, 0.2) is 0 Å². The molecule has 0 aromatic carbocycles. The van der Waals surface area contributed by atoms with Crippen LogP contribution in [0.3, 0.4) is 0 Å². The summed E-state index contributed by atoms with van der Waals surface area (Å²) in [5, 5.41) is 8.90. The van der Waals surface area contributed by atoms with Gasteiger partial charge in [-0.25, -0.2) is 0 Å². The van der Waals surface area contributed by atoms with Gasteiger partial charge in [0.1, 0.15) is 0 Å². The summed E-state index contributed by atoms with van der Waals surface area (Å²) >= 11 is 0. The van der Waals surface area contributed by atoms with Gasteiger partial charge in [-0.05, 0) is 51.1 Å². The third-order valence-electron chi connectivity index (χ3n) is 5.20. The number of fused-ring (bicyclic) bond motifs is 2. The number of nitrogens with zero attached hydrogens (tertiary/aromatic N) is 3. The van der Waals surface area contributed by atoms with Crippen molar-refractivity contribution >= 4 is 0 Å². The van der Waals surface area contributed by atoms with E-state index in [1.54, 1.807) is 0 Å². The van der Waals surface area contributed by atoms with E-state index >= 15 is 0 Å². The third kappa shape index (κ3) is 2.21. The normalized spacial score (nSPS) is 36.5. The van der Waals surface area contributed by atoms with E-state index in [-0.39, 0.29) is 0 Å². The minimum absolute atomic E-state index is 0.386. The lowest BCUT2D eigenvalue weighted by molar-refractivity contribution is 0.191. The van der Waals surface area contributed by atoms with Crippen molar-refractivity contribution in [3.8, 4) is 6.07 Å².